The zero-order chi connectivity index (χ0) is 29.2. The lowest BCUT2D eigenvalue weighted by atomic mass is 9.47. The summed E-state index contributed by atoms with van der Waals surface area (Å²) in [4.78, 5) is 57.7. The van der Waals surface area contributed by atoms with Gasteiger partial charge in [-0.2, -0.15) is 10.1 Å². The Kier molecular flexibility index (Phi) is 4.90. The Bertz CT molecular complexity index is 1760. The van der Waals surface area contributed by atoms with E-state index < -0.39 is 17.3 Å². The molecule has 0 aromatic heterocycles. The Morgan fingerprint density at radius 1 is 0.698 bits per heavy atom. The lowest BCUT2D eigenvalue weighted by Gasteiger charge is -2.52. The van der Waals surface area contributed by atoms with Gasteiger partial charge in [-0.15, -0.1) is 0 Å². The fourth-order valence-corrected chi connectivity index (χ4v) is 9.32. The molecule has 3 aromatic carbocycles. The zero-order valence-corrected chi connectivity index (χ0v) is 23.6. The molecular weight excluding hydrogens is 538 g/mol. The van der Waals surface area contributed by atoms with Crippen LogP contribution in [0.15, 0.2) is 90.0 Å². The highest BCUT2D eigenvalue weighted by molar-refractivity contribution is 6.25. The lowest BCUT2D eigenvalue weighted by Crippen LogP contribution is -2.55. The number of hydrogen-bond acceptors (Lipinski definition) is 5. The smallest absolute Gasteiger partial charge is 0.254 e. The molecule has 3 fully saturated rings. The highest BCUT2D eigenvalue weighted by atomic mass is 16.2. The first-order valence-electron chi connectivity index (χ1n) is 15.2. The largest absolute Gasteiger partial charge is 0.274 e. The topological polar surface area (TPSA) is 87.1 Å². The minimum Gasteiger partial charge on any atom is -0.274 e. The Labute approximate surface area is 248 Å². The van der Waals surface area contributed by atoms with Crippen LogP contribution in [0.4, 0.5) is 5.69 Å². The number of carbonyl (C=O) groups is 4. The summed E-state index contributed by atoms with van der Waals surface area (Å²) in [7, 11) is 0. The first kappa shape index (κ1) is 24.9. The first-order valence-corrected chi connectivity index (χ1v) is 15.2. The summed E-state index contributed by atoms with van der Waals surface area (Å²) >= 11 is 0. The first-order chi connectivity index (χ1) is 20.9. The van der Waals surface area contributed by atoms with Crippen LogP contribution in [0.2, 0.25) is 0 Å². The van der Waals surface area contributed by atoms with Crippen LogP contribution >= 0.6 is 0 Å². The summed E-state index contributed by atoms with van der Waals surface area (Å²) in [5.41, 5.74) is 4.21. The van der Waals surface area contributed by atoms with Gasteiger partial charge in [0.05, 0.1) is 34.8 Å². The summed E-state index contributed by atoms with van der Waals surface area (Å²) < 4.78 is 0. The SMILES string of the molecule is Cc1ccc(N2C(=O)[C@@H]3C4c5ccccc5C(/C=N\N5C(=O)[C@H]6[C@H](C5=O)[C@H]5C=C[C@H]6CC5)(c5ccccc54)[C@H]3C2=O)cc1. The van der Waals surface area contributed by atoms with Gasteiger partial charge in [0, 0.05) is 12.1 Å². The average molecular weight is 568 g/mol. The predicted octanol–water partition coefficient (Wildman–Crippen LogP) is 4.73. The van der Waals surface area contributed by atoms with Crippen molar-refractivity contribution in [1.29, 1.82) is 0 Å². The number of nitrogens with zero attached hydrogens (tertiary/aromatic N) is 3. The van der Waals surface area contributed by atoms with E-state index in [9.17, 15) is 19.2 Å². The van der Waals surface area contributed by atoms with Gasteiger partial charge in [-0.05, 0) is 66.0 Å². The second kappa shape index (κ2) is 8.47. The molecule has 43 heavy (non-hydrogen) atoms. The van der Waals surface area contributed by atoms with Crippen LogP contribution in [0.25, 0.3) is 0 Å². The molecule has 7 heteroatoms. The maximum atomic E-state index is 14.6. The lowest BCUT2D eigenvalue weighted by molar-refractivity contribution is -0.140. The zero-order valence-electron chi connectivity index (χ0n) is 23.6. The van der Waals surface area contributed by atoms with Gasteiger partial charge in [-0.25, -0.2) is 4.90 Å². The van der Waals surface area contributed by atoms with Crippen molar-refractivity contribution in [2.24, 2.45) is 40.6 Å². The van der Waals surface area contributed by atoms with E-state index in [1.54, 1.807) is 6.21 Å². The van der Waals surface area contributed by atoms with Gasteiger partial charge in [0.2, 0.25) is 11.8 Å². The van der Waals surface area contributed by atoms with Crippen LogP contribution in [-0.2, 0) is 24.6 Å². The third-order valence-corrected chi connectivity index (χ3v) is 11.1. The van der Waals surface area contributed by atoms with E-state index in [1.807, 2.05) is 79.7 Å². The predicted molar refractivity (Wildman–Crippen MR) is 159 cm³/mol. The number of carbonyl (C=O) groups excluding carboxylic acids is 4. The fourth-order valence-electron chi connectivity index (χ4n) is 9.32. The standard InChI is InChI=1S/C36H29N3O4/c1-19-10-16-22(17-11-19)38-32(40)30-29-23-6-2-4-8-25(23)36(31(30)35(38)43,26-9-5-3-7-24(26)29)18-37-39-33(41)27-20-12-13-21(15-14-20)28(27)34(39)42/h2-13,16-18,20-21,27-31H,14-15H2,1H3/b37-18-/t20-,21-,27+,28+,29?,30+,31+,36?/m0/s1. The van der Waals surface area contributed by atoms with Crippen LogP contribution in [-0.4, -0.2) is 34.9 Å². The van der Waals surface area contributed by atoms with Crippen molar-refractivity contribution < 1.29 is 19.2 Å². The minimum atomic E-state index is -1.13. The van der Waals surface area contributed by atoms with Crippen LogP contribution in [0.1, 0.15) is 46.6 Å². The molecule has 0 spiro atoms. The number of rotatable bonds is 3. The molecule has 2 aliphatic heterocycles. The van der Waals surface area contributed by atoms with Crippen molar-refractivity contribution in [2.45, 2.75) is 31.1 Å². The number of anilines is 1. The van der Waals surface area contributed by atoms with Crippen LogP contribution in [0.3, 0.4) is 0 Å². The van der Waals surface area contributed by atoms with E-state index in [0.717, 1.165) is 45.7 Å². The molecule has 3 aromatic rings. The van der Waals surface area contributed by atoms with Crippen LogP contribution in [0.5, 0.6) is 0 Å². The Morgan fingerprint density at radius 3 is 1.81 bits per heavy atom. The highest BCUT2D eigenvalue weighted by Gasteiger charge is 2.68. The molecule has 4 amide bonds. The summed E-state index contributed by atoms with van der Waals surface area (Å²) in [6.45, 7) is 1.97. The number of fused-ring (bicyclic) bond motifs is 1. The average Bonchev–Trinajstić information content (AvgIpc) is 3.47. The molecule has 2 saturated heterocycles. The maximum absolute atomic E-state index is 14.6. The Hall–Kier alpha value is -4.65. The number of allylic oxidation sites excluding steroid dienone is 2. The number of hydrogen-bond donors (Lipinski definition) is 0. The van der Waals surface area contributed by atoms with Gasteiger partial charge < -0.3 is 0 Å². The molecule has 0 unspecified atom stereocenters. The van der Waals surface area contributed by atoms with Gasteiger partial charge in [0.1, 0.15) is 0 Å². The summed E-state index contributed by atoms with van der Waals surface area (Å²) in [5, 5.41) is 5.80. The Balaban J connectivity index is 1.24. The number of imide groups is 2. The van der Waals surface area contributed by atoms with Gasteiger partial charge >= 0.3 is 0 Å². The molecule has 6 aliphatic carbocycles. The van der Waals surface area contributed by atoms with Crippen LogP contribution in [0, 0.1) is 42.4 Å². The number of amides is 4. The summed E-state index contributed by atoms with van der Waals surface area (Å²) in [6.07, 6.45) is 7.65. The van der Waals surface area contributed by atoms with Crippen molar-refractivity contribution in [2.75, 3.05) is 4.90 Å². The van der Waals surface area contributed by atoms with E-state index in [-0.39, 0.29) is 53.2 Å². The van der Waals surface area contributed by atoms with Gasteiger partial charge in [0.25, 0.3) is 11.8 Å². The van der Waals surface area contributed by atoms with E-state index in [0.29, 0.717) is 5.69 Å². The number of benzene rings is 3. The monoisotopic (exact) mass is 567 g/mol. The van der Waals surface area contributed by atoms with E-state index >= 15 is 0 Å². The molecule has 8 aliphatic rings. The molecule has 0 radical (unpaired) electrons. The third kappa shape index (κ3) is 2.97. The van der Waals surface area contributed by atoms with Crippen molar-refractivity contribution in [3.63, 3.8) is 0 Å². The van der Waals surface area contributed by atoms with Crippen molar-refractivity contribution >= 4 is 35.5 Å². The number of aryl methyl sites for hydroxylation is 1. The van der Waals surface area contributed by atoms with Crippen molar-refractivity contribution in [3.05, 3.63) is 113 Å². The third-order valence-electron chi connectivity index (χ3n) is 11.1. The molecular formula is C36H29N3O4. The molecule has 6 atom stereocenters. The fraction of sp³-hybridized carbons (Fsp3) is 0.306. The highest BCUT2D eigenvalue weighted by Crippen LogP contribution is 2.64. The molecule has 7 nitrogen and oxygen atoms in total. The summed E-state index contributed by atoms with van der Waals surface area (Å²) in [5.74, 6) is -3.40. The van der Waals surface area contributed by atoms with E-state index in [2.05, 4.69) is 12.2 Å². The second-order valence-corrected chi connectivity index (χ2v) is 12.9. The number of hydrazone groups is 1. The van der Waals surface area contributed by atoms with Crippen LogP contribution < -0.4 is 4.90 Å². The molecule has 0 N–H and O–H groups in total. The minimum absolute atomic E-state index is 0.0536. The normalized spacial score (nSPS) is 34.7. The molecule has 11 rings (SSSR count). The van der Waals surface area contributed by atoms with E-state index in [1.165, 1.54) is 4.90 Å². The van der Waals surface area contributed by atoms with E-state index in [4.69, 9.17) is 5.10 Å². The molecule has 1 saturated carbocycles. The summed E-state index contributed by atoms with van der Waals surface area (Å²) in [6, 6.07) is 23.3. The van der Waals surface area contributed by atoms with Gasteiger partial charge in [0.15, 0.2) is 0 Å². The molecule has 212 valence electrons. The molecule has 4 bridgehead atoms. The van der Waals surface area contributed by atoms with Crippen molar-refractivity contribution in [3.8, 4) is 0 Å². The maximum Gasteiger partial charge on any atom is 0.254 e. The van der Waals surface area contributed by atoms with Crippen molar-refractivity contribution in [1.82, 2.24) is 5.01 Å². The van der Waals surface area contributed by atoms with Gasteiger partial charge in [-0.1, -0.05) is 78.4 Å². The molecule has 2 heterocycles. The Morgan fingerprint density at radius 2 is 1.26 bits per heavy atom. The quantitative estimate of drug-likeness (QED) is 0.260. The second-order valence-electron chi connectivity index (χ2n) is 12.9. The van der Waals surface area contributed by atoms with Gasteiger partial charge in [-0.3, -0.25) is 19.2 Å².